The SMILES string of the molecule is CCOc1cc(C(=O)NCCc2cnc(-c3ccccc3)nc2)cc(OCC)c1OCC. The van der Waals surface area contributed by atoms with Gasteiger partial charge in [0.15, 0.2) is 17.3 Å². The van der Waals surface area contributed by atoms with Crippen molar-refractivity contribution in [3.63, 3.8) is 0 Å². The molecule has 1 heterocycles. The van der Waals surface area contributed by atoms with Gasteiger partial charge in [-0.2, -0.15) is 0 Å². The number of rotatable bonds is 11. The summed E-state index contributed by atoms with van der Waals surface area (Å²) in [6.45, 7) is 7.49. The highest BCUT2D eigenvalue weighted by atomic mass is 16.5. The summed E-state index contributed by atoms with van der Waals surface area (Å²) in [5.74, 6) is 1.98. The highest BCUT2D eigenvalue weighted by Gasteiger charge is 2.18. The van der Waals surface area contributed by atoms with E-state index in [4.69, 9.17) is 14.2 Å². The van der Waals surface area contributed by atoms with E-state index in [0.717, 1.165) is 11.1 Å². The molecule has 0 saturated heterocycles. The summed E-state index contributed by atoms with van der Waals surface area (Å²) in [5.41, 5.74) is 2.37. The fourth-order valence-electron chi connectivity index (χ4n) is 3.16. The predicted molar refractivity (Wildman–Crippen MR) is 123 cm³/mol. The Bertz CT molecular complexity index is 980. The van der Waals surface area contributed by atoms with E-state index in [1.807, 2.05) is 51.1 Å². The second kappa shape index (κ2) is 11.7. The van der Waals surface area contributed by atoms with Crippen LogP contribution in [0, 0.1) is 0 Å². The van der Waals surface area contributed by atoms with Crippen LogP contribution in [0.15, 0.2) is 54.9 Å². The van der Waals surface area contributed by atoms with Gasteiger partial charge in [-0.15, -0.1) is 0 Å². The summed E-state index contributed by atoms with van der Waals surface area (Å²) in [6.07, 6.45) is 4.20. The molecule has 0 unspecified atom stereocenters. The van der Waals surface area contributed by atoms with E-state index in [1.165, 1.54) is 0 Å². The Morgan fingerprint density at radius 2 is 1.47 bits per heavy atom. The number of nitrogens with one attached hydrogen (secondary N) is 1. The van der Waals surface area contributed by atoms with Crippen LogP contribution in [0.2, 0.25) is 0 Å². The highest BCUT2D eigenvalue weighted by molar-refractivity contribution is 5.95. The minimum atomic E-state index is -0.211. The largest absolute Gasteiger partial charge is 0.490 e. The van der Waals surface area contributed by atoms with Gasteiger partial charge >= 0.3 is 0 Å². The Balaban J connectivity index is 1.65. The van der Waals surface area contributed by atoms with Crippen molar-refractivity contribution in [1.29, 1.82) is 0 Å². The first-order chi connectivity index (χ1) is 15.7. The summed E-state index contributed by atoms with van der Waals surface area (Å²) < 4.78 is 17.1. The Labute approximate surface area is 188 Å². The first kappa shape index (κ1) is 23.1. The normalized spacial score (nSPS) is 10.5. The summed E-state index contributed by atoms with van der Waals surface area (Å²) in [4.78, 5) is 21.6. The van der Waals surface area contributed by atoms with Crippen LogP contribution in [0.1, 0.15) is 36.7 Å². The molecule has 0 bridgehead atoms. The van der Waals surface area contributed by atoms with E-state index < -0.39 is 0 Å². The van der Waals surface area contributed by atoms with Crippen molar-refractivity contribution in [1.82, 2.24) is 15.3 Å². The van der Waals surface area contributed by atoms with E-state index >= 15 is 0 Å². The molecule has 0 atom stereocenters. The van der Waals surface area contributed by atoms with Crippen LogP contribution < -0.4 is 19.5 Å². The lowest BCUT2D eigenvalue weighted by Crippen LogP contribution is -2.26. The topological polar surface area (TPSA) is 82.6 Å². The molecule has 0 radical (unpaired) electrons. The standard InChI is InChI=1S/C25H29N3O4/c1-4-30-21-14-20(15-22(31-5-2)23(21)32-6-3)25(29)26-13-12-18-16-27-24(28-17-18)19-10-8-7-9-11-19/h7-11,14-17H,4-6,12-13H2,1-3H3,(H,26,29). The molecule has 2 aromatic carbocycles. The van der Waals surface area contributed by atoms with Crippen molar-refractivity contribution in [2.24, 2.45) is 0 Å². The van der Waals surface area contributed by atoms with Gasteiger partial charge in [0.2, 0.25) is 5.75 Å². The predicted octanol–water partition coefficient (Wildman–Crippen LogP) is 4.31. The minimum absolute atomic E-state index is 0.211. The smallest absolute Gasteiger partial charge is 0.251 e. The van der Waals surface area contributed by atoms with Crippen molar-refractivity contribution >= 4 is 5.91 Å². The molecule has 168 valence electrons. The van der Waals surface area contributed by atoms with Gasteiger partial charge < -0.3 is 19.5 Å². The quantitative estimate of drug-likeness (QED) is 0.483. The monoisotopic (exact) mass is 435 g/mol. The lowest BCUT2D eigenvalue weighted by atomic mass is 10.1. The van der Waals surface area contributed by atoms with Crippen LogP contribution in [-0.4, -0.2) is 42.2 Å². The molecule has 1 amide bonds. The number of hydrogen-bond donors (Lipinski definition) is 1. The molecule has 0 saturated carbocycles. The molecule has 7 nitrogen and oxygen atoms in total. The van der Waals surface area contributed by atoms with Crippen LogP contribution in [0.5, 0.6) is 17.2 Å². The van der Waals surface area contributed by atoms with E-state index in [-0.39, 0.29) is 5.91 Å². The maximum atomic E-state index is 12.8. The van der Waals surface area contributed by atoms with Gasteiger partial charge in [0.1, 0.15) is 0 Å². The van der Waals surface area contributed by atoms with Gasteiger partial charge in [0.25, 0.3) is 5.91 Å². The zero-order chi connectivity index (χ0) is 22.8. The van der Waals surface area contributed by atoms with Crippen LogP contribution in [-0.2, 0) is 6.42 Å². The van der Waals surface area contributed by atoms with Crippen LogP contribution in [0.25, 0.3) is 11.4 Å². The van der Waals surface area contributed by atoms with E-state index in [9.17, 15) is 4.79 Å². The van der Waals surface area contributed by atoms with Crippen molar-refractivity contribution in [3.8, 4) is 28.6 Å². The molecule has 3 rings (SSSR count). The fourth-order valence-corrected chi connectivity index (χ4v) is 3.16. The second-order valence-corrected chi connectivity index (χ2v) is 6.89. The van der Waals surface area contributed by atoms with E-state index in [0.29, 0.717) is 61.4 Å². The summed E-state index contributed by atoms with van der Waals surface area (Å²) >= 11 is 0. The fraction of sp³-hybridized carbons (Fsp3) is 0.320. The Kier molecular flexibility index (Phi) is 8.43. The van der Waals surface area contributed by atoms with Crippen LogP contribution in [0.3, 0.4) is 0 Å². The highest BCUT2D eigenvalue weighted by Crippen LogP contribution is 2.39. The maximum absolute atomic E-state index is 12.8. The summed E-state index contributed by atoms with van der Waals surface area (Å²) in [5, 5.41) is 2.94. The molecule has 3 aromatic rings. The average molecular weight is 436 g/mol. The molecule has 7 heteroatoms. The number of carbonyl (C=O) groups is 1. The number of carbonyl (C=O) groups excluding carboxylic acids is 1. The van der Waals surface area contributed by atoms with Crippen LogP contribution >= 0.6 is 0 Å². The van der Waals surface area contributed by atoms with Gasteiger partial charge in [0.05, 0.1) is 19.8 Å². The molecule has 1 N–H and O–H groups in total. The number of benzene rings is 2. The first-order valence-electron chi connectivity index (χ1n) is 10.9. The summed E-state index contributed by atoms with van der Waals surface area (Å²) in [7, 11) is 0. The third-order valence-electron chi connectivity index (χ3n) is 4.61. The first-order valence-corrected chi connectivity index (χ1v) is 10.9. The number of aromatic nitrogens is 2. The Morgan fingerprint density at radius 1 is 0.875 bits per heavy atom. The number of ether oxygens (including phenoxy) is 3. The molecule has 0 aliphatic carbocycles. The Hall–Kier alpha value is -3.61. The van der Waals surface area contributed by atoms with Gasteiger partial charge in [-0.25, -0.2) is 9.97 Å². The third kappa shape index (κ3) is 5.97. The summed E-state index contributed by atoms with van der Waals surface area (Å²) in [6, 6.07) is 13.2. The van der Waals surface area contributed by atoms with Crippen molar-refractivity contribution < 1.29 is 19.0 Å². The molecular weight excluding hydrogens is 406 g/mol. The maximum Gasteiger partial charge on any atom is 0.251 e. The molecule has 0 spiro atoms. The van der Waals surface area contributed by atoms with Crippen molar-refractivity contribution in [2.45, 2.75) is 27.2 Å². The lowest BCUT2D eigenvalue weighted by molar-refractivity contribution is 0.0953. The van der Waals surface area contributed by atoms with Crippen molar-refractivity contribution in [3.05, 3.63) is 66.0 Å². The number of nitrogens with zero attached hydrogens (tertiary/aromatic N) is 2. The molecule has 32 heavy (non-hydrogen) atoms. The zero-order valence-corrected chi connectivity index (χ0v) is 18.8. The van der Waals surface area contributed by atoms with E-state index in [2.05, 4.69) is 15.3 Å². The number of hydrogen-bond acceptors (Lipinski definition) is 6. The van der Waals surface area contributed by atoms with Crippen LogP contribution in [0.4, 0.5) is 0 Å². The van der Waals surface area contributed by atoms with E-state index in [1.54, 1.807) is 24.5 Å². The molecule has 0 aliphatic heterocycles. The van der Waals surface area contributed by atoms with Gasteiger partial charge in [-0.3, -0.25) is 4.79 Å². The lowest BCUT2D eigenvalue weighted by Gasteiger charge is -2.17. The molecule has 0 fully saturated rings. The molecule has 1 aromatic heterocycles. The average Bonchev–Trinajstić information content (AvgIpc) is 2.82. The van der Waals surface area contributed by atoms with Crippen molar-refractivity contribution in [2.75, 3.05) is 26.4 Å². The second-order valence-electron chi connectivity index (χ2n) is 6.89. The van der Waals surface area contributed by atoms with Gasteiger partial charge in [-0.05, 0) is 44.9 Å². The number of amides is 1. The third-order valence-corrected chi connectivity index (χ3v) is 4.61. The Morgan fingerprint density at radius 3 is 2.03 bits per heavy atom. The minimum Gasteiger partial charge on any atom is -0.490 e. The molecular formula is C25H29N3O4. The molecule has 0 aliphatic rings. The van der Waals surface area contributed by atoms with Gasteiger partial charge in [-0.1, -0.05) is 30.3 Å². The zero-order valence-electron chi connectivity index (χ0n) is 18.8. The van der Waals surface area contributed by atoms with Gasteiger partial charge in [0, 0.05) is 30.1 Å².